The normalized spacial score (nSPS) is 28.9. The second kappa shape index (κ2) is 6.87. The number of hydrogen-bond acceptors (Lipinski definition) is 4. The molecule has 2 aliphatic heterocycles. The van der Waals surface area contributed by atoms with E-state index in [1.807, 2.05) is 30.3 Å². The Labute approximate surface area is 164 Å². The Morgan fingerprint density at radius 2 is 1.82 bits per heavy atom. The molecule has 2 saturated heterocycles. The van der Waals surface area contributed by atoms with Crippen LogP contribution >= 0.6 is 0 Å². The molecule has 0 radical (unpaired) electrons. The summed E-state index contributed by atoms with van der Waals surface area (Å²) in [5, 5.41) is 0. The number of ether oxygens (including phenoxy) is 3. The van der Waals surface area contributed by atoms with E-state index in [-0.39, 0.29) is 13.0 Å². The lowest BCUT2D eigenvalue weighted by molar-refractivity contribution is -0.164. The van der Waals surface area contributed by atoms with Gasteiger partial charge >= 0.3 is 0 Å². The summed E-state index contributed by atoms with van der Waals surface area (Å²) in [6.45, 7) is 3.82. The highest BCUT2D eigenvalue weighted by Crippen LogP contribution is 2.45. The molecule has 2 aromatic rings. The molecule has 1 unspecified atom stereocenters. The summed E-state index contributed by atoms with van der Waals surface area (Å²) >= 11 is 0. The Morgan fingerprint density at radius 1 is 1.14 bits per heavy atom. The lowest BCUT2D eigenvalue weighted by Gasteiger charge is -2.53. The van der Waals surface area contributed by atoms with Crippen molar-refractivity contribution >= 4 is 11.6 Å². The highest BCUT2D eigenvalue weighted by atomic mass is 19.1. The van der Waals surface area contributed by atoms with E-state index in [4.69, 9.17) is 14.2 Å². The smallest absolute Gasteiger partial charge is 0.267 e. The van der Waals surface area contributed by atoms with Gasteiger partial charge in [-0.1, -0.05) is 30.3 Å². The SMILES string of the molecule is COc1ccc(N2C(=O)[C@@](F)(Cc3ccccc3)[C@@H]2C2COC(C)(C)O2)cc1. The number of β-lactam (4-membered cyclic amide) rings is 1. The monoisotopic (exact) mass is 385 g/mol. The zero-order chi connectivity index (χ0) is 19.9. The van der Waals surface area contributed by atoms with Gasteiger partial charge in [0.1, 0.15) is 17.9 Å². The maximum absolute atomic E-state index is 16.1. The minimum atomic E-state index is -2.05. The van der Waals surface area contributed by atoms with Crippen molar-refractivity contribution < 1.29 is 23.4 Å². The van der Waals surface area contributed by atoms with E-state index in [1.165, 1.54) is 4.90 Å². The third kappa shape index (κ3) is 3.16. The van der Waals surface area contributed by atoms with Crippen molar-refractivity contribution in [3.63, 3.8) is 0 Å². The van der Waals surface area contributed by atoms with Crippen LogP contribution in [0.5, 0.6) is 5.75 Å². The van der Waals surface area contributed by atoms with Gasteiger partial charge < -0.3 is 14.2 Å². The number of anilines is 1. The van der Waals surface area contributed by atoms with Crippen LogP contribution < -0.4 is 9.64 Å². The molecule has 28 heavy (non-hydrogen) atoms. The molecule has 4 rings (SSSR count). The summed E-state index contributed by atoms with van der Waals surface area (Å²) < 4.78 is 32.9. The zero-order valence-corrected chi connectivity index (χ0v) is 16.2. The molecule has 0 aliphatic carbocycles. The van der Waals surface area contributed by atoms with E-state index in [0.717, 1.165) is 5.56 Å². The van der Waals surface area contributed by atoms with Crippen LogP contribution in [0.15, 0.2) is 54.6 Å². The van der Waals surface area contributed by atoms with Gasteiger partial charge in [-0.3, -0.25) is 9.69 Å². The van der Waals surface area contributed by atoms with Crippen LogP contribution in [0.25, 0.3) is 0 Å². The number of benzene rings is 2. The first-order valence-corrected chi connectivity index (χ1v) is 9.36. The standard InChI is InChI=1S/C22H24FNO4/c1-21(2)27-14-18(28-21)19-22(23,13-15-7-5-4-6-8-15)20(25)24(19)16-9-11-17(26-3)12-10-16/h4-12,18-19H,13-14H2,1-3H3/t18?,19-,22+/m0/s1. The number of rotatable bonds is 5. The topological polar surface area (TPSA) is 48.0 Å². The average Bonchev–Trinajstić information content (AvgIpc) is 3.05. The quantitative estimate of drug-likeness (QED) is 0.739. The Bertz CT molecular complexity index is 855. The minimum absolute atomic E-state index is 0.00425. The van der Waals surface area contributed by atoms with Crippen LogP contribution in [0.3, 0.4) is 0 Å². The Morgan fingerprint density at radius 3 is 2.39 bits per heavy atom. The molecule has 0 aromatic heterocycles. The van der Waals surface area contributed by atoms with E-state index in [0.29, 0.717) is 11.4 Å². The van der Waals surface area contributed by atoms with Crippen molar-refractivity contribution in [1.29, 1.82) is 0 Å². The van der Waals surface area contributed by atoms with Crippen molar-refractivity contribution in [1.82, 2.24) is 0 Å². The van der Waals surface area contributed by atoms with Gasteiger partial charge in [-0.05, 0) is 43.7 Å². The summed E-state index contributed by atoms with van der Waals surface area (Å²) in [5.41, 5.74) is -0.656. The fraction of sp³-hybridized carbons (Fsp3) is 0.409. The van der Waals surface area contributed by atoms with E-state index in [9.17, 15) is 4.79 Å². The number of amides is 1. The molecule has 0 saturated carbocycles. The fourth-order valence-electron chi connectivity index (χ4n) is 4.02. The molecule has 0 spiro atoms. The van der Waals surface area contributed by atoms with Crippen LogP contribution in [-0.2, 0) is 20.7 Å². The second-order valence-corrected chi connectivity index (χ2v) is 7.71. The number of hydrogen-bond donors (Lipinski definition) is 0. The van der Waals surface area contributed by atoms with Gasteiger partial charge in [0.05, 0.1) is 13.7 Å². The summed E-state index contributed by atoms with van der Waals surface area (Å²) in [4.78, 5) is 14.5. The first-order chi connectivity index (χ1) is 13.3. The van der Waals surface area contributed by atoms with Gasteiger partial charge in [0.25, 0.3) is 5.91 Å². The lowest BCUT2D eigenvalue weighted by Crippen LogP contribution is -2.77. The van der Waals surface area contributed by atoms with Crippen molar-refractivity contribution in [2.24, 2.45) is 0 Å². The number of carbonyl (C=O) groups is 1. The molecular formula is C22H24FNO4. The van der Waals surface area contributed by atoms with Crippen LogP contribution in [0.4, 0.5) is 10.1 Å². The van der Waals surface area contributed by atoms with Gasteiger partial charge in [-0.25, -0.2) is 4.39 Å². The summed E-state index contributed by atoms with van der Waals surface area (Å²) in [5.74, 6) is -0.687. The van der Waals surface area contributed by atoms with Crippen LogP contribution in [-0.4, -0.2) is 43.2 Å². The first-order valence-electron chi connectivity index (χ1n) is 9.36. The Hall–Kier alpha value is -2.44. The lowest BCUT2D eigenvalue weighted by atomic mass is 9.76. The predicted molar refractivity (Wildman–Crippen MR) is 103 cm³/mol. The van der Waals surface area contributed by atoms with Crippen molar-refractivity contribution in [2.75, 3.05) is 18.6 Å². The highest BCUT2D eigenvalue weighted by molar-refractivity contribution is 6.08. The third-order valence-electron chi connectivity index (χ3n) is 5.36. The minimum Gasteiger partial charge on any atom is -0.497 e. The summed E-state index contributed by atoms with van der Waals surface area (Å²) in [7, 11) is 1.57. The Balaban J connectivity index is 1.67. The number of nitrogens with zero attached hydrogens (tertiary/aromatic N) is 1. The molecular weight excluding hydrogens is 361 g/mol. The molecule has 1 amide bonds. The molecule has 148 valence electrons. The molecule has 2 heterocycles. The van der Waals surface area contributed by atoms with Crippen LogP contribution in [0.2, 0.25) is 0 Å². The van der Waals surface area contributed by atoms with Crippen LogP contribution in [0.1, 0.15) is 19.4 Å². The van der Waals surface area contributed by atoms with E-state index in [1.54, 1.807) is 45.2 Å². The van der Waals surface area contributed by atoms with Gasteiger partial charge in [0, 0.05) is 12.1 Å². The molecule has 6 heteroatoms. The van der Waals surface area contributed by atoms with Crippen molar-refractivity contribution in [3.05, 3.63) is 60.2 Å². The number of alkyl halides is 1. The van der Waals surface area contributed by atoms with Crippen LogP contribution in [0, 0.1) is 0 Å². The molecule has 0 bridgehead atoms. The van der Waals surface area contributed by atoms with Crippen molar-refractivity contribution in [3.8, 4) is 5.75 Å². The third-order valence-corrected chi connectivity index (χ3v) is 5.36. The predicted octanol–water partition coefficient (Wildman–Crippen LogP) is 3.51. The molecule has 0 N–H and O–H groups in total. The van der Waals surface area contributed by atoms with E-state index >= 15 is 4.39 Å². The van der Waals surface area contributed by atoms with Gasteiger partial charge in [-0.2, -0.15) is 0 Å². The average molecular weight is 385 g/mol. The molecule has 2 fully saturated rings. The molecule has 2 aromatic carbocycles. The molecule has 5 nitrogen and oxygen atoms in total. The summed E-state index contributed by atoms with van der Waals surface area (Å²) in [6, 6.07) is 15.5. The maximum atomic E-state index is 16.1. The number of halogens is 1. The van der Waals surface area contributed by atoms with Gasteiger partial charge in [0.2, 0.25) is 5.67 Å². The summed E-state index contributed by atoms with van der Waals surface area (Å²) in [6.07, 6.45) is -0.548. The molecule has 2 aliphatic rings. The van der Waals surface area contributed by atoms with Gasteiger partial charge in [0.15, 0.2) is 5.79 Å². The largest absolute Gasteiger partial charge is 0.497 e. The fourth-order valence-corrected chi connectivity index (χ4v) is 4.02. The number of methoxy groups -OCH3 is 1. The zero-order valence-electron chi connectivity index (χ0n) is 16.2. The van der Waals surface area contributed by atoms with E-state index < -0.39 is 29.5 Å². The maximum Gasteiger partial charge on any atom is 0.267 e. The van der Waals surface area contributed by atoms with Crippen molar-refractivity contribution in [2.45, 2.75) is 43.9 Å². The number of carbonyl (C=O) groups excluding carboxylic acids is 1. The van der Waals surface area contributed by atoms with Gasteiger partial charge in [-0.15, -0.1) is 0 Å². The second-order valence-electron chi connectivity index (χ2n) is 7.71. The highest BCUT2D eigenvalue weighted by Gasteiger charge is 2.66. The van der Waals surface area contributed by atoms with E-state index in [2.05, 4.69) is 0 Å². The first kappa shape index (κ1) is 18.9. The Kier molecular flexibility index (Phi) is 4.63. The molecule has 3 atom stereocenters.